The van der Waals surface area contributed by atoms with Gasteiger partial charge in [-0.3, -0.25) is 0 Å². The monoisotopic (exact) mass is 334 g/mol. The number of nitrogens with zero attached hydrogens (tertiary/aromatic N) is 2. The molecule has 0 saturated carbocycles. The topological polar surface area (TPSA) is 17.3 Å². The Morgan fingerprint density at radius 2 is 1.92 bits per heavy atom. The molecule has 2 nitrogen and oxygen atoms in total. The van der Waals surface area contributed by atoms with Crippen LogP contribution in [0.15, 0.2) is 53.7 Å². The summed E-state index contributed by atoms with van der Waals surface area (Å²) >= 11 is 0. The lowest BCUT2D eigenvalue weighted by Gasteiger charge is -2.08. The van der Waals surface area contributed by atoms with Crippen LogP contribution in [0, 0.1) is 5.92 Å². The van der Waals surface area contributed by atoms with Crippen LogP contribution in [0.4, 0.5) is 5.82 Å². The lowest BCUT2D eigenvalue weighted by Crippen LogP contribution is -2.02. The molecule has 0 fully saturated rings. The van der Waals surface area contributed by atoms with E-state index in [2.05, 4.69) is 86.2 Å². The molecule has 0 bridgehead atoms. The number of benzene rings is 1. The van der Waals surface area contributed by atoms with Gasteiger partial charge in [-0.25, -0.2) is 4.99 Å². The molecule has 2 heteroatoms. The fraction of sp³-hybridized carbons (Fsp3) is 0.348. The lowest BCUT2D eigenvalue weighted by atomic mass is 10.0. The average molecular weight is 335 g/mol. The molecule has 25 heavy (non-hydrogen) atoms. The second kappa shape index (κ2) is 8.66. The lowest BCUT2D eigenvalue weighted by molar-refractivity contribution is 0.528. The van der Waals surface area contributed by atoms with E-state index in [-0.39, 0.29) is 0 Å². The van der Waals surface area contributed by atoms with E-state index < -0.39 is 0 Å². The van der Waals surface area contributed by atoms with Gasteiger partial charge in [0.05, 0.1) is 0 Å². The SMILES string of the molecule is C=Nc1c(/C=C\CC(=C)C)c(-c2ccc(CC)cc2)cn1CC(C)C. The van der Waals surface area contributed by atoms with Crippen molar-refractivity contribution in [1.82, 2.24) is 4.57 Å². The zero-order valence-electron chi connectivity index (χ0n) is 16.0. The largest absolute Gasteiger partial charge is 0.332 e. The molecule has 0 amide bonds. The van der Waals surface area contributed by atoms with Gasteiger partial charge in [-0.05, 0) is 43.5 Å². The van der Waals surface area contributed by atoms with Gasteiger partial charge in [0, 0.05) is 23.9 Å². The third-order valence-electron chi connectivity index (χ3n) is 4.22. The van der Waals surface area contributed by atoms with Crippen LogP contribution in [0.25, 0.3) is 17.2 Å². The first kappa shape index (κ1) is 19.0. The number of aromatic nitrogens is 1. The van der Waals surface area contributed by atoms with Gasteiger partial charge in [-0.1, -0.05) is 69.3 Å². The van der Waals surface area contributed by atoms with E-state index in [1.165, 1.54) is 16.7 Å². The number of aryl methyl sites for hydroxylation is 1. The predicted octanol–water partition coefficient (Wildman–Crippen LogP) is 6.69. The molecular formula is C23H30N2. The standard InChI is InChI=1S/C23H30N2/c1-7-19-11-13-20(14-12-19)22-16-25(15-18(4)5)23(24-6)21(22)10-8-9-17(2)3/h8,10-14,16,18H,2,6-7,9,15H2,1,3-5H3/b10-8-. The number of aliphatic imine (C=N–C) groups is 1. The van der Waals surface area contributed by atoms with E-state index >= 15 is 0 Å². The molecule has 1 aromatic carbocycles. The first-order valence-corrected chi connectivity index (χ1v) is 9.06. The summed E-state index contributed by atoms with van der Waals surface area (Å²) in [6.45, 7) is 17.4. The summed E-state index contributed by atoms with van der Waals surface area (Å²) in [6.07, 6.45) is 8.47. The molecule has 0 atom stereocenters. The Balaban J connectivity index is 2.54. The summed E-state index contributed by atoms with van der Waals surface area (Å²) < 4.78 is 2.22. The molecule has 0 aliphatic rings. The van der Waals surface area contributed by atoms with E-state index in [9.17, 15) is 0 Å². The molecule has 0 N–H and O–H groups in total. The summed E-state index contributed by atoms with van der Waals surface area (Å²) in [6, 6.07) is 8.82. The fourth-order valence-electron chi connectivity index (χ4n) is 2.96. The van der Waals surface area contributed by atoms with Crippen LogP contribution in [0.2, 0.25) is 0 Å². The Hall–Kier alpha value is -2.35. The maximum absolute atomic E-state index is 4.34. The molecule has 0 spiro atoms. The molecule has 0 saturated heterocycles. The summed E-state index contributed by atoms with van der Waals surface area (Å²) in [7, 11) is 0. The Kier molecular flexibility index (Phi) is 6.58. The van der Waals surface area contributed by atoms with E-state index in [0.717, 1.165) is 36.3 Å². The van der Waals surface area contributed by atoms with Gasteiger partial charge in [-0.15, -0.1) is 0 Å². The first-order valence-electron chi connectivity index (χ1n) is 9.06. The zero-order valence-corrected chi connectivity index (χ0v) is 16.0. The Bertz CT molecular complexity index is 758. The number of allylic oxidation sites excluding steroid dienone is 2. The van der Waals surface area contributed by atoms with Crippen molar-refractivity contribution in [1.29, 1.82) is 0 Å². The van der Waals surface area contributed by atoms with Gasteiger partial charge in [-0.2, -0.15) is 0 Å². The number of hydrogen-bond donors (Lipinski definition) is 0. The highest BCUT2D eigenvalue weighted by Crippen LogP contribution is 2.35. The minimum atomic E-state index is 0.551. The van der Waals surface area contributed by atoms with Crippen molar-refractivity contribution < 1.29 is 0 Å². The van der Waals surface area contributed by atoms with Gasteiger partial charge in [0.25, 0.3) is 0 Å². The maximum Gasteiger partial charge on any atom is 0.139 e. The average Bonchev–Trinajstić information content (AvgIpc) is 2.91. The van der Waals surface area contributed by atoms with Crippen LogP contribution >= 0.6 is 0 Å². The minimum Gasteiger partial charge on any atom is -0.332 e. The Morgan fingerprint density at radius 1 is 1.24 bits per heavy atom. The van der Waals surface area contributed by atoms with Crippen molar-refractivity contribution in [3.8, 4) is 11.1 Å². The number of rotatable bonds is 8. The van der Waals surface area contributed by atoms with E-state index in [4.69, 9.17) is 0 Å². The second-order valence-corrected chi connectivity index (χ2v) is 7.10. The highest BCUT2D eigenvalue weighted by Gasteiger charge is 2.15. The molecule has 0 radical (unpaired) electrons. The van der Waals surface area contributed by atoms with Gasteiger partial charge in [0.15, 0.2) is 0 Å². The normalized spacial score (nSPS) is 11.4. The second-order valence-electron chi connectivity index (χ2n) is 7.10. The van der Waals surface area contributed by atoms with Crippen molar-refractivity contribution in [2.45, 2.75) is 47.1 Å². The minimum absolute atomic E-state index is 0.551. The quantitative estimate of drug-likeness (QED) is 0.378. The van der Waals surface area contributed by atoms with Crippen LogP contribution in [0.5, 0.6) is 0 Å². The molecular weight excluding hydrogens is 304 g/mol. The predicted molar refractivity (Wildman–Crippen MR) is 112 cm³/mol. The third-order valence-corrected chi connectivity index (χ3v) is 4.22. The molecule has 1 aromatic heterocycles. The van der Waals surface area contributed by atoms with Crippen LogP contribution in [-0.2, 0) is 13.0 Å². The van der Waals surface area contributed by atoms with Crippen LogP contribution in [-0.4, -0.2) is 11.3 Å². The molecule has 0 aliphatic carbocycles. The van der Waals surface area contributed by atoms with E-state index in [0.29, 0.717) is 5.92 Å². The van der Waals surface area contributed by atoms with Crippen LogP contribution in [0.3, 0.4) is 0 Å². The van der Waals surface area contributed by atoms with Crippen molar-refractivity contribution >= 4 is 18.6 Å². The fourth-order valence-corrected chi connectivity index (χ4v) is 2.96. The molecule has 2 rings (SSSR count). The highest BCUT2D eigenvalue weighted by molar-refractivity contribution is 5.82. The summed E-state index contributed by atoms with van der Waals surface area (Å²) in [4.78, 5) is 4.34. The van der Waals surface area contributed by atoms with E-state index in [1.807, 2.05) is 6.92 Å². The molecule has 132 valence electrons. The van der Waals surface area contributed by atoms with Gasteiger partial charge in [0.1, 0.15) is 5.82 Å². The molecule has 0 unspecified atom stereocenters. The Labute approximate surface area is 152 Å². The van der Waals surface area contributed by atoms with Crippen molar-refractivity contribution in [2.24, 2.45) is 10.9 Å². The number of hydrogen-bond acceptors (Lipinski definition) is 1. The van der Waals surface area contributed by atoms with Gasteiger partial charge < -0.3 is 4.57 Å². The van der Waals surface area contributed by atoms with Gasteiger partial charge >= 0.3 is 0 Å². The molecule has 1 heterocycles. The molecule has 2 aromatic rings. The Morgan fingerprint density at radius 3 is 2.44 bits per heavy atom. The summed E-state index contributed by atoms with van der Waals surface area (Å²) in [5, 5.41) is 0. The smallest absolute Gasteiger partial charge is 0.139 e. The zero-order chi connectivity index (χ0) is 18.4. The third kappa shape index (κ3) is 4.82. The van der Waals surface area contributed by atoms with Crippen LogP contribution in [0.1, 0.15) is 45.2 Å². The van der Waals surface area contributed by atoms with E-state index in [1.54, 1.807) is 0 Å². The van der Waals surface area contributed by atoms with Crippen molar-refractivity contribution in [2.75, 3.05) is 0 Å². The van der Waals surface area contributed by atoms with Crippen molar-refractivity contribution in [3.05, 3.63) is 59.8 Å². The first-order chi connectivity index (χ1) is 12.0. The van der Waals surface area contributed by atoms with Gasteiger partial charge in [0.2, 0.25) is 0 Å². The maximum atomic E-state index is 4.34. The molecule has 0 aliphatic heterocycles. The van der Waals surface area contributed by atoms with Crippen LogP contribution < -0.4 is 0 Å². The summed E-state index contributed by atoms with van der Waals surface area (Å²) in [5.41, 5.74) is 6.08. The van der Waals surface area contributed by atoms with Crippen molar-refractivity contribution in [3.63, 3.8) is 0 Å². The highest BCUT2D eigenvalue weighted by atomic mass is 15.1. The summed E-state index contributed by atoms with van der Waals surface area (Å²) in [5.74, 6) is 1.50.